The number of benzene rings is 1. The van der Waals surface area contributed by atoms with Gasteiger partial charge in [-0.05, 0) is 64.5 Å². The van der Waals surface area contributed by atoms with E-state index in [1.807, 2.05) is 27.7 Å². The molecule has 1 saturated heterocycles. The molecule has 1 N–H and O–H groups in total. The topological polar surface area (TPSA) is 63.7 Å². The van der Waals surface area contributed by atoms with Crippen molar-refractivity contribution in [3.05, 3.63) is 47.2 Å². The van der Waals surface area contributed by atoms with Gasteiger partial charge in [0, 0.05) is 31.6 Å². The van der Waals surface area contributed by atoms with Crippen LogP contribution >= 0.6 is 0 Å². The minimum Gasteiger partial charge on any atom is -0.444 e. The number of nitrogens with one attached hydrogen (secondary N) is 1. The molecule has 0 radical (unpaired) electrons. The average molecular weight is 494 g/mol. The molecule has 2 aromatic rings. The molecule has 1 amide bonds. The van der Waals surface area contributed by atoms with Gasteiger partial charge in [-0.15, -0.1) is 0 Å². The van der Waals surface area contributed by atoms with Crippen LogP contribution in [-0.2, 0) is 22.3 Å². The van der Waals surface area contributed by atoms with E-state index in [-0.39, 0.29) is 24.1 Å². The summed E-state index contributed by atoms with van der Waals surface area (Å²) in [6.45, 7) is 8.84. The predicted octanol–water partition coefficient (Wildman–Crippen LogP) is 6.55. The van der Waals surface area contributed by atoms with Gasteiger partial charge in [0.15, 0.2) is 0 Å². The number of aromatic nitrogens is 1. The highest BCUT2D eigenvalue weighted by Crippen LogP contribution is 2.37. The molecule has 3 rings (SSSR count). The van der Waals surface area contributed by atoms with Crippen LogP contribution in [0.4, 0.5) is 23.8 Å². The van der Waals surface area contributed by atoms with Crippen molar-refractivity contribution in [1.82, 2.24) is 9.88 Å². The summed E-state index contributed by atoms with van der Waals surface area (Å²) in [6.07, 6.45) is -0.396. The van der Waals surface area contributed by atoms with Crippen LogP contribution in [0.1, 0.15) is 58.2 Å². The smallest absolute Gasteiger partial charge is 0.417 e. The summed E-state index contributed by atoms with van der Waals surface area (Å²) in [5.74, 6) is 0.409. The second kappa shape index (κ2) is 10.8. The number of halogens is 3. The van der Waals surface area contributed by atoms with Gasteiger partial charge in [-0.2, -0.15) is 13.2 Å². The number of carbonyl (C=O) groups is 1. The summed E-state index contributed by atoms with van der Waals surface area (Å²) in [5, 5.41) is 3.81. The van der Waals surface area contributed by atoms with Gasteiger partial charge in [0.2, 0.25) is 0 Å². The summed E-state index contributed by atoms with van der Waals surface area (Å²) in [4.78, 5) is 18.5. The molecular formula is C26H34F3N3O3. The van der Waals surface area contributed by atoms with E-state index in [0.29, 0.717) is 36.4 Å². The fourth-order valence-corrected chi connectivity index (χ4v) is 4.05. The molecule has 6 nitrogen and oxygen atoms in total. The van der Waals surface area contributed by atoms with E-state index in [9.17, 15) is 18.0 Å². The number of rotatable bonds is 6. The Labute approximate surface area is 204 Å². The van der Waals surface area contributed by atoms with Crippen LogP contribution < -0.4 is 5.32 Å². The first-order valence-electron chi connectivity index (χ1n) is 11.8. The SMILES string of the molecule is COCc1cc2c(C(F)(F)F)cccc2c(N[C@@H](C)CC=C2CCN(C(=O)OC(C)(C)C)CC2)n1. The van der Waals surface area contributed by atoms with Crippen LogP contribution in [0.5, 0.6) is 0 Å². The molecule has 0 unspecified atom stereocenters. The predicted molar refractivity (Wildman–Crippen MR) is 130 cm³/mol. The average Bonchev–Trinajstić information content (AvgIpc) is 2.76. The maximum Gasteiger partial charge on any atom is 0.417 e. The second-order valence-electron chi connectivity index (χ2n) is 9.90. The zero-order valence-corrected chi connectivity index (χ0v) is 21.0. The van der Waals surface area contributed by atoms with Crippen molar-refractivity contribution >= 4 is 22.7 Å². The third kappa shape index (κ3) is 7.34. The van der Waals surface area contributed by atoms with Crippen molar-refractivity contribution in [2.75, 3.05) is 25.5 Å². The Hall–Kier alpha value is -2.81. The van der Waals surface area contributed by atoms with Crippen LogP contribution in [0.15, 0.2) is 35.9 Å². The molecule has 0 saturated carbocycles. The third-order valence-corrected chi connectivity index (χ3v) is 5.73. The molecule has 1 fully saturated rings. The van der Waals surface area contributed by atoms with Gasteiger partial charge in [0.05, 0.1) is 17.9 Å². The van der Waals surface area contributed by atoms with Gasteiger partial charge < -0.3 is 19.7 Å². The van der Waals surface area contributed by atoms with E-state index >= 15 is 0 Å². The summed E-state index contributed by atoms with van der Waals surface area (Å²) in [7, 11) is 1.48. The monoisotopic (exact) mass is 493 g/mol. The van der Waals surface area contributed by atoms with E-state index in [4.69, 9.17) is 9.47 Å². The molecule has 1 aromatic heterocycles. The van der Waals surface area contributed by atoms with Gasteiger partial charge in [0.1, 0.15) is 11.4 Å². The summed E-state index contributed by atoms with van der Waals surface area (Å²) in [5.41, 5.74) is 0.473. The van der Waals surface area contributed by atoms with Crippen molar-refractivity contribution in [3.63, 3.8) is 0 Å². The summed E-state index contributed by atoms with van der Waals surface area (Å²) in [6, 6.07) is 5.51. The number of fused-ring (bicyclic) bond motifs is 1. The molecular weight excluding hydrogens is 459 g/mol. The van der Waals surface area contributed by atoms with Crippen LogP contribution in [0.3, 0.4) is 0 Å². The van der Waals surface area contributed by atoms with Crippen molar-refractivity contribution in [2.45, 2.75) is 71.4 Å². The molecule has 1 atom stereocenters. The number of nitrogens with zero attached hydrogens (tertiary/aromatic N) is 2. The Bertz CT molecular complexity index is 1070. The number of carbonyl (C=O) groups excluding carboxylic acids is 1. The number of ether oxygens (including phenoxy) is 2. The second-order valence-corrected chi connectivity index (χ2v) is 9.90. The number of pyridine rings is 1. The van der Waals surface area contributed by atoms with E-state index in [1.165, 1.54) is 24.8 Å². The largest absolute Gasteiger partial charge is 0.444 e. The lowest BCUT2D eigenvalue weighted by molar-refractivity contribution is -0.136. The molecule has 2 heterocycles. The Balaban J connectivity index is 1.70. The fraction of sp³-hybridized carbons (Fsp3) is 0.538. The van der Waals surface area contributed by atoms with Gasteiger partial charge in [-0.25, -0.2) is 9.78 Å². The van der Waals surface area contributed by atoms with Crippen molar-refractivity contribution in [3.8, 4) is 0 Å². The van der Waals surface area contributed by atoms with Crippen LogP contribution in [0.25, 0.3) is 10.8 Å². The number of piperidine rings is 1. The first-order chi connectivity index (χ1) is 16.4. The molecule has 1 aliphatic heterocycles. The number of methoxy groups -OCH3 is 1. The van der Waals surface area contributed by atoms with Crippen molar-refractivity contribution < 1.29 is 27.4 Å². The Morgan fingerprint density at radius 1 is 1.20 bits per heavy atom. The Morgan fingerprint density at radius 3 is 2.49 bits per heavy atom. The number of likely N-dealkylation sites (tertiary alicyclic amines) is 1. The number of anilines is 1. The molecule has 1 aromatic carbocycles. The standard InChI is InChI=1S/C26H34F3N3O3/c1-17(9-10-18-11-13-32(14-12-18)24(33)35-25(2,3)4)30-23-20-7-6-8-22(26(27,28)29)21(20)15-19(31-23)16-34-5/h6-8,10,15,17H,9,11-14,16H2,1-5H3,(H,30,31)/t17-/m0/s1. The molecule has 1 aliphatic rings. The fourth-order valence-electron chi connectivity index (χ4n) is 4.05. The lowest BCUT2D eigenvalue weighted by atomic mass is 10.0. The molecule has 192 valence electrons. The van der Waals surface area contributed by atoms with Crippen molar-refractivity contribution in [1.29, 1.82) is 0 Å². The van der Waals surface area contributed by atoms with E-state index < -0.39 is 17.3 Å². The first-order valence-corrected chi connectivity index (χ1v) is 11.8. The quantitative estimate of drug-likeness (QED) is 0.463. The van der Waals surface area contributed by atoms with Crippen LogP contribution in [-0.4, -0.2) is 47.8 Å². The highest BCUT2D eigenvalue weighted by atomic mass is 19.4. The molecule has 0 aliphatic carbocycles. The highest BCUT2D eigenvalue weighted by Gasteiger charge is 2.33. The number of amides is 1. The Kier molecular flexibility index (Phi) is 8.30. The maximum absolute atomic E-state index is 13.6. The van der Waals surface area contributed by atoms with Crippen molar-refractivity contribution in [2.24, 2.45) is 0 Å². The van der Waals surface area contributed by atoms with Gasteiger partial charge in [0.25, 0.3) is 0 Å². The molecule has 0 spiro atoms. The van der Waals surface area contributed by atoms with Gasteiger partial charge >= 0.3 is 12.3 Å². The third-order valence-electron chi connectivity index (χ3n) is 5.73. The number of alkyl halides is 3. The number of hydrogen-bond acceptors (Lipinski definition) is 5. The summed E-state index contributed by atoms with van der Waals surface area (Å²) < 4.78 is 51.4. The zero-order valence-electron chi connectivity index (χ0n) is 21.0. The van der Waals surface area contributed by atoms with E-state index in [1.54, 1.807) is 11.0 Å². The first kappa shape index (κ1) is 26.8. The zero-order chi connectivity index (χ0) is 25.8. The minimum absolute atomic E-state index is 0.0607. The van der Waals surface area contributed by atoms with Gasteiger partial charge in [-0.1, -0.05) is 23.8 Å². The molecule has 35 heavy (non-hydrogen) atoms. The normalized spacial score (nSPS) is 15.8. The van der Waals surface area contributed by atoms with Crippen LogP contribution in [0.2, 0.25) is 0 Å². The van der Waals surface area contributed by atoms with E-state index in [0.717, 1.165) is 18.9 Å². The van der Waals surface area contributed by atoms with E-state index in [2.05, 4.69) is 16.4 Å². The molecule has 0 bridgehead atoms. The summed E-state index contributed by atoms with van der Waals surface area (Å²) >= 11 is 0. The maximum atomic E-state index is 13.6. The highest BCUT2D eigenvalue weighted by molar-refractivity contribution is 5.95. The minimum atomic E-state index is -4.47. The lowest BCUT2D eigenvalue weighted by Crippen LogP contribution is -2.40. The van der Waals surface area contributed by atoms with Crippen LogP contribution in [0, 0.1) is 0 Å². The Morgan fingerprint density at radius 2 is 1.89 bits per heavy atom. The lowest BCUT2D eigenvalue weighted by Gasteiger charge is -2.31. The number of hydrogen-bond donors (Lipinski definition) is 1. The molecule has 9 heteroatoms. The van der Waals surface area contributed by atoms with Gasteiger partial charge in [-0.3, -0.25) is 0 Å².